The molecule has 20 heavy (non-hydrogen) atoms. The molecule has 1 N–H and O–H groups in total. The van der Waals surface area contributed by atoms with Crippen LogP contribution < -0.4 is 5.32 Å². The van der Waals surface area contributed by atoms with Crippen molar-refractivity contribution in [3.05, 3.63) is 24.1 Å². The summed E-state index contributed by atoms with van der Waals surface area (Å²) in [5.41, 5.74) is 1.28. The van der Waals surface area contributed by atoms with Crippen LogP contribution in [-0.4, -0.2) is 32.7 Å². The highest BCUT2D eigenvalue weighted by atomic mass is 32.2. The van der Waals surface area contributed by atoms with E-state index < -0.39 is 9.84 Å². The van der Waals surface area contributed by atoms with Crippen molar-refractivity contribution in [2.75, 3.05) is 19.3 Å². The summed E-state index contributed by atoms with van der Waals surface area (Å²) in [5.74, 6) is 1.30. The van der Waals surface area contributed by atoms with E-state index in [0.717, 1.165) is 32.4 Å². The van der Waals surface area contributed by atoms with Gasteiger partial charge in [-0.05, 0) is 50.0 Å². The van der Waals surface area contributed by atoms with Crippen LogP contribution in [-0.2, 0) is 16.3 Å². The van der Waals surface area contributed by atoms with Gasteiger partial charge in [-0.15, -0.1) is 0 Å². The molecule has 0 amide bonds. The fourth-order valence-corrected chi connectivity index (χ4v) is 3.25. The first-order valence-corrected chi connectivity index (χ1v) is 8.72. The van der Waals surface area contributed by atoms with Gasteiger partial charge in [0.1, 0.15) is 5.52 Å². The fourth-order valence-electron chi connectivity index (χ4n) is 2.61. The number of aromatic nitrogens is 1. The lowest BCUT2D eigenvalue weighted by molar-refractivity contribution is 0.346. The highest BCUT2D eigenvalue weighted by Gasteiger charge is 2.17. The Balaban J connectivity index is 1.86. The Labute approximate surface area is 118 Å². The van der Waals surface area contributed by atoms with Gasteiger partial charge in [-0.3, -0.25) is 0 Å². The SMILES string of the molecule is CS(=O)(=O)c1ccc2oc(CC3CCNCC3)nc2c1. The third-order valence-electron chi connectivity index (χ3n) is 3.75. The Morgan fingerprint density at radius 2 is 2.10 bits per heavy atom. The molecule has 0 radical (unpaired) electrons. The second-order valence-electron chi connectivity index (χ2n) is 5.41. The molecule has 0 saturated carbocycles. The number of hydrogen-bond acceptors (Lipinski definition) is 5. The lowest BCUT2D eigenvalue weighted by atomic mass is 9.95. The van der Waals surface area contributed by atoms with E-state index in [9.17, 15) is 8.42 Å². The van der Waals surface area contributed by atoms with Crippen LogP contribution in [0.25, 0.3) is 11.1 Å². The maximum Gasteiger partial charge on any atom is 0.195 e. The average Bonchev–Trinajstić information content (AvgIpc) is 2.80. The zero-order valence-corrected chi connectivity index (χ0v) is 12.2. The van der Waals surface area contributed by atoms with Gasteiger partial charge in [0.05, 0.1) is 4.90 Å². The van der Waals surface area contributed by atoms with E-state index in [-0.39, 0.29) is 4.90 Å². The fraction of sp³-hybridized carbons (Fsp3) is 0.500. The molecule has 0 aliphatic carbocycles. The Kier molecular flexibility index (Phi) is 3.52. The molecule has 0 bridgehead atoms. The molecule has 0 atom stereocenters. The van der Waals surface area contributed by atoms with Crippen molar-refractivity contribution in [3.8, 4) is 0 Å². The van der Waals surface area contributed by atoms with Crippen LogP contribution in [0.4, 0.5) is 0 Å². The minimum atomic E-state index is -3.20. The minimum Gasteiger partial charge on any atom is -0.441 e. The summed E-state index contributed by atoms with van der Waals surface area (Å²) in [6, 6.07) is 4.84. The van der Waals surface area contributed by atoms with Gasteiger partial charge in [0.15, 0.2) is 21.3 Å². The Morgan fingerprint density at radius 1 is 1.35 bits per heavy atom. The van der Waals surface area contributed by atoms with Gasteiger partial charge in [0.2, 0.25) is 0 Å². The summed E-state index contributed by atoms with van der Waals surface area (Å²) in [4.78, 5) is 4.71. The Morgan fingerprint density at radius 3 is 2.80 bits per heavy atom. The van der Waals surface area contributed by atoms with Gasteiger partial charge in [-0.2, -0.15) is 0 Å². The number of nitrogens with one attached hydrogen (secondary N) is 1. The summed E-state index contributed by atoms with van der Waals surface area (Å²) < 4.78 is 28.8. The van der Waals surface area contributed by atoms with Gasteiger partial charge in [0, 0.05) is 12.7 Å². The lowest BCUT2D eigenvalue weighted by Crippen LogP contribution is -2.28. The molecule has 0 unspecified atom stereocenters. The van der Waals surface area contributed by atoms with Gasteiger partial charge >= 0.3 is 0 Å². The summed E-state index contributed by atoms with van der Waals surface area (Å²) in [6.45, 7) is 2.09. The molecule has 1 saturated heterocycles. The van der Waals surface area contributed by atoms with Gasteiger partial charge in [-0.1, -0.05) is 0 Å². The number of piperidine rings is 1. The van der Waals surface area contributed by atoms with Crippen LogP contribution in [0.1, 0.15) is 18.7 Å². The molecule has 6 heteroatoms. The van der Waals surface area contributed by atoms with Crippen molar-refractivity contribution in [1.29, 1.82) is 0 Å². The molecule has 1 aliphatic rings. The predicted molar refractivity (Wildman–Crippen MR) is 76.4 cm³/mol. The van der Waals surface area contributed by atoms with E-state index in [1.165, 1.54) is 6.26 Å². The molecule has 0 spiro atoms. The van der Waals surface area contributed by atoms with Crippen molar-refractivity contribution in [3.63, 3.8) is 0 Å². The molecular formula is C14H18N2O3S. The van der Waals surface area contributed by atoms with Crippen LogP contribution in [0.3, 0.4) is 0 Å². The van der Waals surface area contributed by atoms with E-state index in [2.05, 4.69) is 10.3 Å². The smallest absolute Gasteiger partial charge is 0.195 e. The molecular weight excluding hydrogens is 276 g/mol. The standard InChI is InChI=1S/C14H18N2O3S/c1-20(17,18)11-2-3-13-12(9-11)16-14(19-13)8-10-4-6-15-7-5-10/h2-3,9-10,15H,4-8H2,1H3. The van der Waals surface area contributed by atoms with E-state index >= 15 is 0 Å². The highest BCUT2D eigenvalue weighted by Crippen LogP contribution is 2.23. The van der Waals surface area contributed by atoms with Crippen LogP contribution in [0, 0.1) is 5.92 Å². The second-order valence-corrected chi connectivity index (χ2v) is 7.42. The normalized spacial score (nSPS) is 17.6. The summed E-state index contributed by atoms with van der Waals surface area (Å²) in [7, 11) is -3.20. The largest absolute Gasteiger partial charge is 0.441 e. The molecule has 1 aromatic carbocycles. The van der Waals surface area contributed by atoms with Crippen molar-refractivity contribution < 1.29 is 12.8 Å². The number of benzene rings is 1. The Bertz CT molecular complexity index is 715. The third kappa shape index (κ3) is 2.86. The van der Waals surface area contributed by atoms with Crippen LogP contribution in [0.2, 0.25) is 0 Å². The highest BCUT2D eigenvalue weighted by molar-refractivity contribution is 7.90. The first kappa shape index (κ1) is 13.6. The molecule has 1 fully saturated rings. The predicted octanol–water partition coefficient (Wildman–Crippen LogP) is 1.77. The van der Waals surface area contributed by atoms with E-state index in [0.29, 0.717) is 22.9 Å². The monoisotopic (exact) mass is 294 g/mol. The maximum atomic E-state index is 11.5. The van der Waals surface area contributed by atoms with Crippen molar-refractivity contribution >= 4 is 20.9 Å². The maximum absolute atomic E-state index is 11.5. The van der Waals surface area contributed by atoms with E-state index in [1.54, 1.807) is 18.2 Å². The second kappa shape index (κ2) is 5.18. The van der Waals surface area contributed by atoms with Crippen molar-refractivity contribution in [2.24, 2.45) is 5.92 Å². The number of hydrogen-bond donors (Lipinski definition) is 1. The van der Waals surface area contributed by atoms with Gasteiger partial charge in [0.25, 0.3) is 0 Å². The number of sulfone groups is 1. The van der Waals surface area contributed by atoms with Crippen LogP contribution in [0.15, 0.2) is 27.5 Å². The average molecular weight is 294 g/mol. The van der Waals surface area contributed by atoms with Crippen LogP contribution >= 0.6 is 0 Å². The third-order valence-corrected chi connectivity index (χ3v) is 4.86. The molecule has 1 aliphatic heterocycles. The first-order chi connectivity index (χ1) is 9.52. The molecule has 108 valence electrons. The lowest BCUT2D eigenvalue weighted by Gasteiger charge is -2.20. The van der Waals surface area contributed by atoms with Crippen LogP contribution in [0.5, 0.6) is 0 Å². The molecule has 2 aromatic rings. The molecule has 1 aromatic heterocycles. The van der Waals surface area contributed by atoms with Crippen molar-refractivity contribution in [2.45, 2.75) is 24.2 Å². The first-order valence-electron chi connectivity index (χ1n) is 6.82. The summed E-state index contributed by atoms with van der Waals surface area (Å²) in [5, 5.41) is 3.33. The van der Waals surface area contributed by atoms with Gasteiger partial charge < -0.3 is 9.73 Å². The number of rotatable bonds is 3. The molecule has 2 heterocycles. The number of nitrogens with zero attached hydrogens (tertiary/aromatic N) is 1. The molecule has 3 rings (SSSR count). The molecule has 5 nitrogen and oxygen atoms in total. The van der Waals surface area contributed by atoms with E-state index in [4.69, 9.17) is 4.42 Å². The number of oxazole rings is 1. The quantitative estimate of drug-likeness (QED) is 0.934. The zero-order chi connectivity index (χ0) is 14.2. The summed E-state index contributed by atoms with van der Waals surface area (Å²) >= 11 is 0. The number of fused-ring (bicyclic) bond motifs is 1. The van der Waals surface area contributed by atoms with Crippen molar-refractivity contribution in [1.82, 2.24) is 10.3 Å². The summed E-state index contributed by atoms with van der Waals surface area (Å²) in [6.07, 6.45) is 4.29. The Hall–Kier alpha value is -1.40. The zero-order valence-electron chi connectivity index (χ0n) is 11.4. The topological polar surface area (TPSA) is 72.2 Å². The van der Waals surface area contributed by atoms with Gasteiger partial charge in [-0.25, -0.2) is 13.4 Å². The van der Waals surface area contributed by atoms with E-state index in [1.807, 2.05) is 0 Å². The minimum absolute atomic E-state index is 0.284.